The van der Waals surface area contributed by atoms with Gasteiger partial charge in [0.05, 0.1) is 30.1 Å². The summed E-state index contributed by atoms with van der Waals surface area (Å²) in [7, 11) is 1.94. The summed E-state index contributed by atoms with van der Waals surface area (Å²) < 4.78 is 9.71. The van der Waals surface area contributed by atoms with Gasteiger partial charge in [0, 0.05) is 42.9 Å². The van der Waals surface area contributed by atoms with Crippen LogP contribution in [0.3, 0.4) is 0 Å². The van der Waals surface area contributed by atoms with Crippen molar-refractivity contribution in [2.45, 2.75) is 32.0 Å². The minimum Gasteiger partial charge on any atom is -0.372 e. The predicted octanol–water partition coefficient (Wildman–Crippen LogP) is 1.96. The monoisotopic (exact) mass is 380 g/mol. The van der Waals surface area contributed by atoms with E-state index in [2.05, 4.69) is 26.9 Å². The number of aryl methyl sites for hydroxylation is 1. The van der Waals surface area contributed by atoms with Gasteiger partial charge in [0.25, 0.3) is 0 Å². The van der Waals surface area contributed by atoms with Crippen molar-refractivity contribution in [3.05, 3.63) is 36.2 Å². The first-order valence-corrected chi connectivity index (χ1v) is 9.81. The number of nitrogens with zero attached hydrogens (tertiary/aromatic N) is 4. The molecule has 4 heterocycles. The second-order valence-electron chi connectivity index (χ2n) is 7.65. The Morgan fingerprint density at radius 2 is 2.25 bits per heavy atom. The standard InChI is InChI=1S/C20H24N6O2/c1-25-19(15(10-22-25)12-28-17-4-6-21-11-17)14-5-7-26-16(8-14)9-18(24-26)23-20(27)13-2-3-13/h5,7-10,13,17,21H,2-4,6,11-12H2,1H3,(H,23,24,27)/t17-/m1/s1. The molecule has 0 aromatic carbocycles. The van der Waals surface area contributed by atoms with E-state index >= 15 is 0 Å². The Kier molecular flexibility index (Phi) is 4.37. The first-order valence-electron chi connectivity index (χ1n) is 9.81. The maximum absolute atomic E-state index is 12.0. The molecular weight excluding hydrogens is 356 g/mol. The third-order valence-corrected chi connectivity index (χ3v) is 5.44. The van der Waals surface area contributed by atoms with Crippen LogP contribution < -0.4 is 10.6 Å². The molecule has 1 saturated carbocycles. The van der Waals surface area contributed by atoms with Gasteiger partial charge < -0.3 is 15.4 Å². The number of anilines is 1. The van der Waals surface area contributed by atoms with Gasteiger partial charge in [-0.3, -0.25) is 9.48 Å². The van der Waals surface area contributed by atoms with E-state index in [9.17, 15) is 4.79 Å². The average molecular weight is 380 g/mol. The quantitative estimate of drug-likeness (QED) is 0.683. The number of fused-ring (bicyclic) bond motifs is 1. The number of hydrogen-bond acceptors (Lipinski definition) is 5. The Balaban J connectivity index is 1.39. The molecule has 0 unspecified atom stereocenters. The molecule has 1 aliphatic heterocycles. The first kappa shape index (κ1) is 17.4. The van der Waals surface area contributed by atoms with Crippen molar-refractivity contribution in [2.24, 2.45) is 13.0 Å². The summed E-state index contributed by atoms with van der Waals surface area (Å²) in [4.78, 5) is 12.0. The largest absolute Gasteiger partial charge is 0.372 e. The Hall–Kier alpha value is -2.71. The predicted molar refractivity (Wildman–Crippen MR) is 105 cm³/mol. The van der Waals surface area contributed by atoms with E-state index in [1.54, 1.807) is 4.52 Å². The molecular formula is C20H24N6O2. The third kappa shape index (κ3) is 3.41. The molecule has 28 heavy (non-hydrogen) atoms. The van der Waals surface area contributed by atoms with Crippen molar-refractivity contribution in [3.63, 3.8) is 0 Å². The van der Waals surface area contributed by atoms with Gasteiger partial charge in [0.1, 0.15) is 0 Å². The van der Waals surface area contributed by atoms with Crippen LogP contribution >= 0.6 is 0 Å². The van der Waals surface area contributed by atoms with Crippen molar-refractivity contribution < 1.29 is 9.53 Å². The Morgan fingerprint density at radius 1 is 1.36 bits per heavy atom. The van der Waals surface area contributed by atoms with Crippen molar-refractivity contribution in [3.8, 4) is 11.3 Å². The summed E-state index contributed by atoms with van der Waals surface area (Å²) in [5, 5.41) is 15.1. The molecule has 1 atom stereocenters. The van der Waals surface area contributed by atoms with Gasteiger partial charge in [-0.2, -0.15) is 10.2 Å². The van der Waals surface area contributed by atoms with Gasteiger partial charge in [0.2, 0.25) is 5.91 Å². The van der Waals surface area contributed by atoms with Crippen LogP contribution in [0.5, 0.6) is 0 Å². The van der Waals surface area contributed by atoms with Crippen molar-refractivity contribution in [1.82, 2.24) is 24.7 Å². The number of ether oxygens (including phenoxy) is 1. The van der Waals surface area contributed by atoms with Gasteiger partial charge in [-0.25, -0.2) is 4.52 Å². The zero-order chi connectivity index (χ0) is 19.1. The van der Waals surface area contributed by atoms with Gasteiger partial charge in [0.15, 0.2) is 5.82 Å². The van der Waals surface area contributed by atoms with Crippen LogP contribution in [0.2, 0.25) is 0 Å². The zero-order valence-electron chi connectivity index (χ0n) is 15.9. The number of hydrogen-bond donors (Lipinski definition) is 2. The topological polar surface area (TPSA) is 85.5 Å². The average Bonchev–Trinajstić information content (AvgIpc) is 3.09. The lowest BCUT2D eigenvalue weighted by Crippen LogP contribution is -2.16. The number of pyridine rings is 1. The molecule has 0 spiro atoms. The normalized spacial score (nSPS) is 19.4. The second kappa shape index (κ2) is 7.03. The molecule has 0 bridgehead atoms. The smallest absolute Gasteiger partial charge is 0.228 e. The lowest BCUT2D eigenvalue weighted by atomic mass is 10.1. The van der Waals surface area contributed by atoms with E-state index in [0.29, 0.717) is 12.4 Å². The molecule has 0 radical (unpaired) electrons. The number of carbonyl (C=O) groups excluding carboxylic acids is 1. The molecule has 8 heteroatoms. The van der Waals surface area contributed by atoms with Crippen LogP contribution in [-0.4, -0.2) is 44.5 Å². The van der Waals surface area contributed by atoms with Gasteiger partial charge in [-0.05, 0) is 37.9 Å². The van der Waals surface area contributed by atoms with Crippen LogP contribution in [0.25, 0.3) is 16.8 Å². The highest BCUT2D eigenvalue weighted by atomic mass is 16.5. The maximum Gasteiger partial charge on any atom is 0.228 e. The van der Waals surface area contributed by atoms with Gasteiger partial charge in [-0.15, -0.1) is 0 Å². The van der Waals surface area contributed by atoms with Gasteiger partial charge in [-0.1, -0.05) is 0 Å². The number of nitrogens with one attached hydrogen (secondary N) is 2. The molecule has 8 nitrogen and oxygen atoms in total. The summed E-state index contributed by atoms with van der Waals surface area (Å²) in [5.74, 6) is 0.819. The van der Waals surface area contributed by atoms with Crippen molar-refractivity contribution in [2.75, 3.05) is 18.4 Å². The van der Waals surface area contributed by atoms with Crippen LogP contribution in [-0.2, 0) is 23.2 Å². The Bertz CT molecular complexity index is 1010. The zero-order valence-corrected chi connectivity index (χ0v) is 15.9. The number of rotatable bonds is 6. The summed E-state index contributed by atoms with van der Waals surface area (Å²) in [6, 6.07) is 5.99. The molecule has 2 aliphatic rings. The highest BCUT2D eigenvalue weighted by Crippen LogP contribution is 2.30. The highest BCUT2D eigenvalue weighted by Gasteiger charge is 2.30. The van der Waals surface area contributed by atoms with Crippen LogP contribution in [0, 0.1) is 5.92 Å². The second-order valence-corrected chi connectivity index (χ2v) is 7.65. The highest BCUT2D eigenvalue weighted by molar-refractivity contribution is 5.93. The third-order valence-electron chi connectivity index (χ3n) is 5.44. The fourth-order valence-corrected chi connectivity index (χ4v) is 3.72. The summed E-state index contributed by atoms with van der Waals surface area (Å²) in [5.41, 5.74) is 4.09. The van der Waals surface area contributed by atoms with Crippen LogP contribution in [0.1, 0.15) is 24.8 Å². The number of aromatic nitrogens is 4. The van der Waals surface area contributed by atoms with E-state index in [4.69, 9.17) is 4.74 Å². The van der Waals surface area contributed by atoms with E-state index in [1.807, 2.05) is 36.3 Å². The van der Waals surface area contributed by atoms with Crippen molar-refractivity contribution in [1.29, 1.82) is 0 Å². The lowest BCUT2D eigenvalue weighted by Gasteiger charge is -2.11. The molecule has 1 amide bonds. The fourth-order valence-electron chi connectivity index (χ4n) is 3.72. The van der Waals surface area contributed by atoms with E-state index in [-0.39, 0.29) is 17.9 Å². The fraction of sp³-hybridized carbons (Fsp3) is 0.450. The lowest BCUT2D eigenvalue weighted by molar-refractivity contribution is -0.117. The summed E-state index contributed by atoms with van der Waals surface area (Å²) in [6.07, 6.45) is 7.06. The first-order chi connectivity index (χ1) is 13.7. The molecule has 3 aromatic heterocycles. The minimum absolute atomic E-state index is 0.0658. The molecule has 5 rings (SSSR count). The van der Waals surface area contributed by atoms with E-state index in [1.165, 1.54) is 0 Å². The van der Waals surface area contributed by atoms with Crippen LogP contribution in [0.4, 0.5) is 5.82 Å². The Morgan fingerprint density at radius 3 is 3.04 bits per heavy atom. The molecule has 1 saturated heterocycles. The molecule has 2 fully saturated rings. The van der Waals surface area contributed by atoms with Crippen molar-refractivity contribution >= 4 is 17.2 Å². The molecule has 1 aliphatic carbocycles. The number of amides is 1. The summed E-state index contributed by atoms with van der Waals surface area (Å²) >= 11 is 0. The minimum atomic E-state index is 0.0658. The van der Waals surface area contributed by atoms with E-state index in [0.717, 1.165) is 54.7 Å². The molecule has 2 N–H and O–H groups in total. The molecule has 3 aromatic rings. The van der Waals surface area contributed by atoms with E-state index < -0.39 is 0 Å². The van der Waals surface area contributed by atoms with Crippen LogP contribution in [0.15, 0.2) is 30.6 Å². The summed E-state index contributed by atoms with van der Waals surface area (Å²) in [6.45, 7) is 2.47. The Labute approximate surface area is 162 Å². The van der Waals surface area contributed by atoms with Gasteiger partial charge >= 0.3 is 0 Å². The molecule has 146 valence electrons. The maximum atomic E-state index is 12.0. The SMILES string of the molecule is Cn1ncc(CO[C@@H]2CCNC2)c1-c1ccn2nc(NC(=O)C3CC3)cc2c1. The number of carbonyl (C=O) groups is 1.